The maximum atomic E-state index is 6.09. The lowest BCUT2D eigenvalue weighted by atomic mass is 10.0. The van der Waals surface area contributed by atoms with Crippen molar-refractivity contribution in [3.8, 4) is 22.8 Å². The maximum absolute atomic E-state index is 6.09. The molecule has 0 bridgehead atoms. The van der Waals surface area contributed by atoms with E-state index in [0.29, 0.717) is 23.3 Å². The Balaban J connectivity index is 1.69. The van der Waals surface area contributed by atoms with Crippen LogP contribution in [0.5, 0.6) is 0 Å². The van der Waals surface area contributed by atoms with Crippen molar-refractivity contribution in [3.63, 3.8) is 0 Å². The summed E-state index contributed by atoms with van der Waals surface area (Å²) in [5.74, 6) is 2.78. The lowest BCUT2D eigenvalue weighted by molar-refractivity contribution is 0.445. The molecule has 0 unspecified atom stereocenters. The second-order valence-electron chi connectivity index (χ2n) is 7.47. The number of rotatable bonds is 3. The fourth-order valence-corrected chi connectivity index (χ4v) is 3.83. The van der Waals surface area contributed by atoms with Crippen LogP contribution in [0, 0.1) is 5.92 Å². The molecule has 1 saturated heterocycles. The molecule has 1 aliphatic rings. The molecule has 0 aliphatic carbocycles. The largest absolute Gasteiger partial charge is 0.417 e. The number of hydrogen-bond donors (Lipinski definition) is 0. The van der Waals surface area contributed by atoms with Crippen LogP contribution >= 0.6 is 0 Å². The molecule has 0 spiro atoms. The van der Waals surface area contributed by atoms with Crippen molar-refractivity contribution in [1.82, 2.24) is 15.0 Å². The van der Waals surface area contributed by atoms with Gasteiger partial charge in [-0.25, -0.2) is 9.97 Å². The molecule has 4 aromatic rings. The lowest BCUT2D eigenvalue weighted by Crippen LogP contribution is -2.35. The van der Waals surface area contributed by atoms with E-state index in [-0.39, 0.29) is 0 Å². The van der Waals surface area contributed by atoms with Crippen LogP contribution in [0.4, 0.5) is 5.82 Å². The number of nitrogens with zero attached hydrogens (tertiary/aromatic N) is 4. The quantitative estimate of drug-likeness (QED) is 0.497. The molecule has 28 heavy (non-hydrogen) atoms. The van der Waals surface area contributed by atoms with Crippen LogP contribution < -0.4 is 4.90 Å². The van der Waals surface area contributed by atoms with Crippen LogP contribution in [0.25, 0.3) is 34.1 Å². The molecular formula is C23H22N4O. The fourth-order valence-electron chi connectivity index (χ4n) is 3.83. The maximum Gasteiger partial charge on any atom is 0.253 e. The van der Waals surface area contributed by atoms with Gasteiger partial charge in [0.15, 0.2) is 17.2 Å². The molecule has 2 aromatic heterocycles. The van der Waals surface area contributed by atoms with E-state index in [2.05, 4.69) is 11.8 Å². The molecule has 0 N–H and O–H groups in total. The van der Waals surface area contributed by atoms with Crippen molar-refractivity contribution < 1.29 is 4.42 Å². The van der Waals surface area contributed by atoms with Gasteiger partial charge in [0, 0.05) is 24.2 Å². The van der Waals surface area contributed by atoms with Gasteiger partial charge in [-0.15, -0.1) is 0 Å². The van der Waals surface area contributed by atoms with Gasteiger partial charge in [-0.1, -0.05) is 55.5 Å². The van der Waals surface area contributed by atoms with Gasteiger partial charge in [0.25, 0.3) is 5.71 Å². The molecule has 0 saturated carbocycles. The number of aromatic nitrogens is 3. The molecule has 5 rings (SSSR count). The van der Waals surface area contributed by atoms with E-state index in [1.807, 2.05) is 60.7 Å². The van der Waals surface area contributed by atoms with Gasteiger partial charge in [0.1, 0.15) is 0 Å². The van der Waals surface area contributed by atoms with Crippen LogP contribution in [-0.4, -0.2) is 28.0 Å². The third-order valence-corrected chi connectivity index (χ3v) is 5.25. The van der Waals surface area contributed by atoms with E-state index in [1.165, 1.54) is 6.42 Å². The summed E-state index contributed by atoms with van der Waals surface area (Å²) < 4.78 is 6.09. The Bertz CT molecular complexity index is 1090. The molecule has 1 atom stereocenters. The molecule has 3 heterocycles. The van der Waals surface area contributed by atoms with Gasteiger partial charge in [-0.05, 0) is 30.9 Å². The Labute approximate surface area is 164 Å². The highest BCUT2D eigenvalue weighted by Gasteiger charge is 2.24. The van der Waals surface area contributed by atoms with Crippen molar-refractivity contribution in [3.05, 3.63) is 60.7 Å². The molecule has 140 valence electrons. The smallest absolute Gasteiger partial charge is 0.253 e. The van der Waals surface area contributed by atoms with Gasteiger partial charge < -0.3 is 9.32 Å². The third kappa shape index (κ3) is 3.13. The average molecular weight is 370 g/mol. The summed E-state index contributed by atoms with van der Waals surface area (Å²) >= 11 is 0. The molecule has 1 aliphatic heterocycles. The van der Waals surface area contributed by atoms with Gasteiger partial charge in [-0.3, -0.25) is 0 Å². The van der Waals surface area contributed by atoms with Crippen molar-refractivity contribution in [2.24, 2.45) is 5.92 Å². The van der Waals surface area contributed by atoms with E-state index in [4.69, 9.17) is 19.4 Å². The SMILES string of the molecule is C[C@H]1CCCN(c2nc(-c3ccccc3)nc3oc(-c4ccccc4)nc23)C1. The second-order valence-corrected chi connectivity index (χ2v) is 7.47. The first-order valence-corrected chi connectivity index (χ1v) is 9.82. The predicted molar refractivity (Wildman–Crippen MR) is 111 cm³/mol. The van der Waals surface area contributed by atoms with Crippen molar-refractivity contribution in [2.45, 2.75) is 19.8 Å². The van der Waals surface area contributed by atoms with Crippen molar-refractivity contribution in [2.75, 3.05) is 18.0 Å². The van der Waals surface area contributed by atoms with Crippen LogP contribution in [0.2, 0.25) is 0 Å². The lowest BCUT2D eigenvalue weighted by Gasteiger charge is -2.31. The molecule has 2 aromatic carbocycles. The Morgan fingerprint density at radius 2 is 1.61 bits per heavy atom. The molecular weight excluding hydrogens is 348 g/mol. The monoisotopic (exact) mass is 370 g/mol. The zero-order chi connectivity index (χ0) is 18.9. The Hall–Kier alpha value is -3.21. The van der Waals surface area contributed by atoms with Gasteiger partial charge >= 0.3 is 0 Å². The Morgan fingerprint density at radius 3 is 2.32 bits per heavy atom. The molecule has 0 radical (unpaired) electrons. The van der Waals surface area contributed by atoms with E-state index < -0.39 is 0 Å². The number of piperidine rings is 1. The van der Waals surface area contributed by atoms with Crippen LogP contribution in [0.1, 0.15) is 19.8 Å². The average Bonchev–Trinajstić information content (AvgIpc) is 3.18. The topological polar surface area (TPSA) is 55.1 Å². The van der Waals surface area contributed by atoms with Crippen LogP contribution in [0.3, 0.4) is 0 Å². The van der Waals surface area contributed by atoms with E-state index in [9.17, 15) is 0 Å². The van der Waals surface area contributed by atoms with Gasteiger partial charge in [0.2, 0.25) is 5.89 Å². The number of oxazole rings is 1. The highest BCUT2D eigenvalue weighted by molar-refractivity contribution is 5.86. The molecule has 0 amide bonds. The minimum absolute atomic E-state index is 0.543. The van der Waals surface area contributed by atoms with E-state index in [1.54, 1.807) is 0 Å². The van der Waals surface area contributed by atoms with Gasteiger partial charge in [0.05, 0.1) is 0 Å². The Kier molecular flexibility index (Phi) is 4.28. The first-order chi connectivity index (χ1) is 13.8. The zero-order valence-electron chi connectivity index (χ0n) is 15.9. The highest BCUT2D eigenvalue weighted by Crippen LogP contribution is 2.32. The van der Waals surface area contributed by atoms with Crippen LogP contribution in [0.15, 0.2) is 65.1 Å². The predicted octanol–water partition coefficient (Wildman–Crippen LogP) is 5.19. The first kappa shape index (κ1) is 16.9. The number of benzene rings is 2. The zero-order valence-corrected chi connectivity index (χ0v) is 15.9. The molecule has 1 fully saturated rings. The first-order valence-electron chi connectivity index (χ1n) is 9.82. The number of anilines is 1. The Morgan fingerprint density at radius 1 is 0.893 bits per heavy atom. The highest BCUT2D eigenvalue weighted by atomic mass is 16.4. The standard InChI is InChI=1S/C23H22N4O/c1-16-9-8-14-27(15-16)21-19-23(26-20(25-21)17-10-4-2-5-11-17)28-22(24-19)18-12-6-3-7-13-18/h2-7,10-13,16H,8-9,14-15H2,1H3/t16-/m0/s1. The summed E-state index contributed by atoms with van der Waals surface area (Å²) in [6.07, 6.45) is 2.42. The summed E-state index contributed by atoms with van der Waals surface area (Å²) in [6, 6.07) is 20.0. The third-order valence-electron chi connectivity index (χ3n) is 5.25. The minimum atomic E-state index is 0.543. The van der Waals surface area contributed by atoms with Crippen LogP contribution in [-0.2, 0) is 0 Å². The molecule has 5 heteroatoms. The van der Waals surface area contributed by atoms with E-state index >= 15 is 0 Å². The van der Waals surface area contributed by atoms with E-state index in [0.717, 1.165) is 42.0 Å². The number of fused-ring (bicyclic) bond motifs is 1. The molecule has 5 nitrogen and oxygen atoms in total. The summed E-state index contributed by atoms with van der Waals surface area (Å²) in [5.41, 5.74) is 3.21. The number of hydrogen-bond acceptors (Lipinski definition) is 5. The van der Waals surface area contributed by atoms with Crippen molar-refractivity contribution >= 4 is 17.0 Å². The summed E-state index contributed by atoms with van der Waals surface area (Å²) in [4.78, 5) is 16.7. The summed E-state index contributed by atoms with van der Waals surface area (Å²) in [6.45, 7) is 4.26. The second kappa shape index (κ2) is 7.08. The minimum Gasteiger partial charge on any atom is -0.417 e. The van der Waals surface area contributed by atoms with Gasteiger partial charge in [-0.2, -0.15) is 4.98 Å². The van der Waals surface area contributed by atoms with Crippen molar-refractivity contribution in [1.29, 1.82) is 0 Å². The summed E-state index contributed by atoms with van der Waals surface area (Å²) in [5, 5.41) is 0. The fraction of sp³-hybridized carbons (Fsp3) is 0.261. The summed E-state index contributed by atoms with van der Waals surface area (Å²) in [7, 11) is 0. The normalized spacial score (nSPS) is 17.2.